The molecule has 5 nitrogen and oxygen atoms in total. The van der Waals surface area contributed by atoms with Crippen LogP contribution in [0.1, 0.15) is 11.1 Å². The summed E-state index contributed by atoms with van der Waals surface area (Å²) >= 11 is 0. The molecule has 140 valence electrons. The number of nitrogens with zero attached hydrogens (tertiary/aromatic N) is 1. The van der Waals surface area contributed by atoms with Crippen molar-refractivity contribution >= 4 is 35.3 Å². The molecule has 0 saturated carbocycles. The summed E-state index contributed by atoms with van der Waals surface area (Å²) in [5.74, 6) is 0. The van der Waals surface area contributed by atoms with Crippen LogP contribution in [0.25, 0.3) is 11.1 Å². The van der Waals surface area contributed by atoms with Gasteiger partial charge in [0, 0.05) is 33.5 Å². The van der Waals surface area contributed by atoms with Crippen LogP contribution in [0.2, 0.25) is 0 Å². The molecule has 1 aliphatic rings. The summed E-state index contributed by atoms with van der Waals surface area (Å²) < 4.78 is 18.3. The van der Waals surface area contributed by atoms with Gasteiger partial charge in [0.15, 0.2) is 0 Å². The lowest BCUT2D eigenvalue weighted by atomic mass is 10.1. The summed E-state index contributed by atoms with van der Waals surface area (Å²) in [4.78, 5) is 9.59. The van der Waals surface area contributed by atoms with Gasteiger partial charge in [0.05, 0.1) is 4.92 Å². The minimum atomic E-state index is -3.72. The zero-order valence-corrected chi connectivity index (χ0v) is 16.3. The number of fused-ring (bicyclic) bond motifs is 3. The van der Waals surface area contributed by atoms with Crippen LogP contribution >= 0.6 is 21.4 Å². The Morgan fingerprint density at radius 1 is 0.741 bits per heavy atom. The normalized spacial score (nSPS) is 11.0. The zero-order chi connectivity index (χ0) is 19.9. The maximum Gasteiger partial charge on any atom is 0.317 e. The van der Waals surface area contributed by atoms with E-state index in [9.17, 15) is 10.1 Å². The Balaban J connectivity index is 0.000000164. The lowest BCUT2D eigenvalue weighted by Gasteiger charge is -1.98. The lowest BCUT2D eigenvalue weighted by molar-refractivity contribution is -0.384. The molecule has 3 aromatic rings. The Labute approximate surface area is 166 Å². The van der Waals surface area contributed by atoms with Crippen LogP contribution in [-0.2, 0) is 14.7 Å². The highest BCUT2D eigenvalue weighted by Gasteiger charge is 2.15. The van der Waals surface area contributed by atoms with Crippen molar-refractivity contribution in [3.63, 3.8) is 0 Å². The topological polar surface area (TPSA) is 77.3 Å². The van der Waals surface area contributed by atoms with Crippen molar-refractivity contribution in [2.75, 3.05) is 0 Å². The molecule has 3 aromatic carbocycles. The first-order valence-corrected chi connectivity index (χ1v) is 10.9. The molecular formula is C19H15Cl2NO4S. The van der Waals surface area contributed by atoms with Crippen LogP contribution in [-0.4, -0.2) is 13.3 Å². The Bertz CT molecular complexity index is 973. The number of para-hydroxylation sites is 1. The van der Waals surface area contributed by atoms with E-state index in [0.717, 1.165) is 6.42 Å². The smallest absolute Gasteiger partial charge is 0.258 e. The van der Waals surface area contributed by atoms with Gasteiger partial charge in [0.25, 0.3) is 5.69 Å². The predicted molar refractivity (Wildman–Crippen MR) is 108 cm³/mol. The van der Waals surface area contributed by atoms with Gasteiger partial charge in [-0.3, -0.25) is 10.1 Å². The van der Waals surface area contributed by atoms with E-state index >= 15 is 0 Å². The molecule has 27 heavy (non-hydrogen) atoms. The number of halogens is 2. The van der Waals surface area contributed by atoms with Gasteiger partial charge in [-0.2, -0.15) is 8.42 Å². The molecule has 0 amide bonds. The van der Waals surface area contributed by atoms with Crippen molar-refractivity contribution in [3.05, 3.63) is 100 Å². The van der Waals surface area contributed by atoms with Gasteiger partial charge in [-0.25, -0.2) is 0 Å². The summed E-state index contributed by atoms with van der Waals surface area (Å²) in [6, 6.07) is 25.2. The van der Waals surface area contributed by atoms with Crippen LogP contribution in [0.15, 0.2) is 78.9 Å². The first kappa shape index (κ1) is 20.9. The van der Waals surface area contributed by atoms with E-state index in [1.807, 2.05) is 0 Å². The number of hydrogen-bond donors (Lipinski definition) is 0. The monoisotopic (exact) mass is 423 g/mol. The van der Waals surface area contributed by atoms with Crippen molar-refractivity contribution in [2.45, 2.75) is 6.42 Å². The molecule has 0 atom stereocenters. The van der Waals surface area contributed by atoms with Gasteiger partial charge in [-0.1, -0.05) is 66.7 Å². The number of nitro groups is 1. The van der Waals surface area contributed by atoms with Gasteiger partial charge in [0.1, 0.15) is 0 Å². The molecular weight excluding hydrogens is 409 g/mol. The van der Waals surface area contributed by atoms with Crippen LogP contribution in [0.3, 0.4) is 0 Å². The molecule has 0 saturated heterocycles. The van der Waals surface area contributed by atoms with Crippen LogP contribution in [0, 0.1) is 10.1 Å². The highest BCUT2D eigenvalue weighted by molar-refractivity contribution is 8.31. The van der Waals surface area contributed by atoms with Crippen molar-refractivity contribution < 1.29 is 13.3 Å². The number of hydrogen-bond acceptors (Lipinski definition) is 4. The highest BCUT2D eigenvalue weighted by atomic mass is 36.0. The summed E-state index contributed by atoms with van der Waals surface area (Å²) in [5, 5.41) is 10.0. The lowest BCUT2D eigenvalue weighted by Crippen LogP contribution is -1.84. The minimum Gasteiger partial charge on any atom is -0.258 e. The molecule has 0 unspecified atom stereocenters. The number of benzene rings is 3. The van der Waals surface area contributed by atoms with E-state index in [-0.39, 0.29) is 5.69 Å². The standard InChI is InChI=1S/C13H10.C6H5NO2.Cl2O2S/c1-3-7-12-10(5-1)9-11-6-2-4-8-13(11)12;8-7(9)6-4-2-1-3-5-6;1-5(2,3)4/h1-8H,9H2;1-5H;. The van der Waals surface area contributed by atoms with Gasteiger partial charge in [-0.15, -0.1) is 0 Å². The predicted octanol–water partition coefficient (Wildman–Crippen LogP) is 5.56. The second-order valence-corrected chi connectivity index (χ2v) is 9.13. The molecule has 0 radical (unpaired) electrons. The Morgan fingerprint density at radius 3 is 1.48 bits per heavy atom. The van der Waals surface area contributed by atoms with E-state index < -0.39 is 13.2 Å². The fraction of sp³-hybridized carbons (Fsp3) is 0.0526. The summed E-state index contributed by atoms with van der Waals surface area (Å²) in [5.41, 5.74) is 5.89. The quantitative estimate of drug-likeness (QED) is 0.228. The van der Waals surface area contributed by atoms with Crippen molar-refractivity contribution in [1.29, 1.82) is 0 Å². The van der Waals surface area contributed by atoms with Gasteiger partial charge in [0.2, 0.25) is 0 Å². The molecule has 0 N–H and O–H groups in total. The van der Waals surface area contributed by atoms with E-state index in [1.54, 1.807) is 18.2 Å². The van der Waals surface area contributed by atoms with Crippen molar-refractivity contribution in [2.24, 2.45) is 0 Å². The molecule has 0 aliphatic heterocycles. The Kier molecular flexibility index (Phi) is 7.36. The largest absolute Gasteiger partial charge is 0.317 e. The third-order valence-corrected chi connectivity index (χ3v) is 3.67. The average molecular weight is 424 g/mol. The number of non-ortho nitro benzene ring substituents is 1. The Morgan fingerprint density at radius 2 is 1.11 bits per heavy atom. The van der Waals surface area contributed by atoms with Crippen LogP contribution < -0.4 is 0 Å². The molecule has 8 heteroatoms. The second kappa shape index (κ2) is 9.50. The highest BCUT2D eigenvalue weighted by Crippen LogP contribution is 2.35. The summed E-state index contributed by atoms with van der Waals surface area (Å²) in [6.45, 7) is 0. The zero-order valence-electron chi connectivity index (χ0n) is 14.0. The molecule has 0 heterocycles. The molecule has 0 aromatic heterocycles. The van der Waals surface area contributed by atoms with Gasteiger partial charge < -0.3 is 0 Å². The maximum absolute atomic E-state index is 10.0. The van der Waals surface area contributed by atoms with E-state index in [0.29, 0.717) is 0 Å². The SMILES string of the molecule is O=S(=O)(Cl)Cl.O=[N+]([O-])c1ccccc1.c1ccc2c(c1)Cc1ccccc1-2. The fourth-order valence-electron chi connectivity index (χ4n) is 2.63. The number of rotatable bonds is 1. The van der Waals surface area contributed by atoms with Crippen LogP contribution in [0.4, 0.5) is 5.69 Å². The van der Waals surface area contributed by atoms with E-state index in [2.05, 4.69) is 69.9 Å². The maximum atomic E-state index is 10.0. The fourth-order valence-corrected chi connectivity index (χ4v) is 2.63. The average Bonchev–Trinajstić information content (AvgIpc) is 3.00. The molecule has 0 spiro atoms. The van der Waals surface area contributed by atoms with Crippen LogP contribution in [0.5, 0.6) is 0 Å². The molecule has 0 fully saturated rings. The second-order valence-electron chi connectivity index (χ2n) is 5.46. The Hall–Kier alpha value is -2.41. The molecule has 0 bridgehead atoms. The van der Waals surface area contributed by atoms with E-state index in [1.165, 1.54) is 34.4 Å². The van der Waals surface area contributed by atoms with Gasteiger partial charge >= 0.3 is 8.26 Å². The molecule has 4 rings (SSSR count). The number of nitro benzene ring substituents is 1. The summed E-state index contributed by atoms with van der Waals surface area (Å²) in [6.07, 6.45) is 1.10. The first-order valence-electron chi connectivity index (χ1n) is 7.75. The minimum absolute atomic E-state index is 0.137. The van der Waals surface area contributed by atoms with Crippen molar-refractivity contribution in [3.8, 4) is 11.1 Å². The molecule has 1 aliphatic carbocycles. The first-order chi connectivity index (χ1) is 12.8. The van der Waals surface area contributed by atoms with E-state index in [4.69, 9.17) is 8.42 Å². The van der Waals surface area contributed by atoms with Gasteiger partial charge in [-0.05, 0) is 28.7 Å². The third-order valence-electron chi connectivity index (χ3n) is 3.67. The summed E-state index contributed by atoms with van der Waals surface area (Å²) in [7, 11) is 4.81. The third kappa shape index (κ3) is 7.02. The van der Waals surface area contributed by atoms with Crippen molar-refractivity contribution in [1.82, 2.24) is 0 Å².